The molecular formula is C12H19N7OS. The molecule has 0 radical (unpaired) electrons. The van der Waals surface area contributed by atoms with Crippen molar-refractivity contribution in [2.24, 2.45) is 5.84 Å². The lowest BCUT2D eigenvalue weighted by Crippen LogP contribution is -2.22. The number of aromatic nitrogens is 4. The summed E-state index contributed by atoms with van der Waals surface area (Å²) in [5.41, 5.74) is 5.26. The average Bonchev–Trinajstić information content (AvgIpc) is 2.83. The van der Waals surface area contributed by atoms with Gasteiger partial charge in [-0.1, -0.05) is 0 Å². The number of nitrogens with one attached hydrogen (secondary N) is 1. The molecule has 0 saturated heterocycles. The molecule has 0 aliphatic heterocycles. The number of hydrogen-bond donors (Lipinski definition) is 2. The molecular weight excluding hydrogens is 290 g/mol. The molecule has 0 saturated carbocycles. The van der Waals surface area contributed by atoms with Crippen molar-refractivity contribution in [3.63, 3.8) is 0 Å². The predicted molar refractivity (Wildman–Crippen MR) is 82.4 cm³/mol. The molecule has 0 bridgehead atoms. The first-order chi connectivity index (χ1) is 9.99. The minimum atomic E-state index is -0.0279. The number of anilines is 2. The van der Waals surface area contributed by atoms with Crippen LogP contribution in [-0.2, 0) is 6.54 Å². The number of nitrogens with two attached hydrogens (primary N) is 1. The highest BCUT2D eigenvalue weighted by atomic mass is 32.1. The van der Waals surface area contributed by atoms with E-state index in [1.807, 2.05) is 38.2 Å². The SMILES string of the molecule is Cc1ncsc1CN(C)c1nc(NN)nc(OC(C)C)n1. The summed E-state index contributed by atoms with van der Waals surface area (Å²) in [7, 11) is 1.90. The second-order valence-corrected chi connectivity index (χ2v) is 5.71. The first-order valence-corrected chi connectivity index (χ1v) is 7.37. The molecule has 9 heteroatoms. The maximum absolute atomic E-state index is 5.51. The highest BCUT2D eigenvalue weighted by molar-refractivity contribution is 7.09. The number of hydrazine groups is 1. The number of thiazole rings is 1. The van der Waals surface area contributed by atoms with Gasteiger partial charge < -0.3 is 9.64 Å². The molecule has 2 heterocycles. The summed E-state index contributed by atoms with van der Waals surface area (Å²) in [6, 6.07) is 0.246. The normalized spacial score (nSPS) is 10.8. The average molecular weight is 309 g/mol. The summed E-state index contributed by atoms with van der Waals surface area (Å²) >= 11 is 1.60. The van der Waals surface area contributed by atoms with Crippen molar-refractivity contribution in [3.8, 4) is 6.01 Å². The Morgan fingerprint density at radius 1 is 1.38 bits per heavy atom. The van der Waals surface area contributed by atoms with E-state index in [4.69, 9.17) is 10.6 Å². The first kappa shape index (κ1) is 15.4. The second kappa shape index (κ2) is 6.64. The molecule has 0 spiro atoms. The zero-order valence-electron chi connectivity index (χ0n) is 12.5. The van der Waals surface area contributed by atoms with Crippen molar-refractivity contribution < 1.29 is 4.74 Å². The number of hydrogen-bond acceptors (Lipinski definition) is 9. The zero-order valence-corrected chi connectivity index (χ0v) is 13.3. The van der Waals surface area contributed by atoms with Gasteiger partial charge in [-0.15, -0.1) is 11.3 Å². The molecule has 0 aliphatic rings. The third-order valence-electron chi connectivity index (χ3n) is 2.64. The number of nitrogens with zero attached hydrogens (tertiary/aromatic N) is 5. The van der Waals surface area contributed by atoms with Gasteiger partial charge in [0.05, 0.1) is 23.9 Å². The fourth-order valence-corrected chi connectivity index (χ4v) is 2.44. The van der Waals surface area contributed by atoms with E-state index in [1.54, 1.807) is 11.3 Å². The van der Waals surface area contributed by atoms with Gasteiger partial charge in [0.25, 0.3) is 0 Å². The Morgan fingerprint density at radius 3 is 2.71 bits per heavy atom. The van der Waals surface area contributed by atoms with E-state index in [0.717, 1.165) is 10.6 Å². The minimum absolute atomic E-state index is 0.0279. The van der Waals surface area contributed by atoms with Crippen LogP contribution in [0.5, 0.6) is 6.01 Å². The Morgan fingerprint density at radius 2 is 2.14 bits per heavy atom. The van der Waals surface area contributed by atoms with Crippen LogP contribution in [0.1, 0.15) is 24.4 Å². The highest BCUT2D eigenvalue weighted by Crippen LogP contribution is 2.19. The van der Waals surface area contributed by atoms with E-state index in [0.29, 0.717) is 12.5 Å². The number of rotatable bonds is 6. The Kier molecular flexibility index (Phi) is 4.86. The second-order valence-electron chi connectivity index (χ2n) is 4.77. The van der Waals surface area contributed by atoms with E-state index in [-0.39, 0.29) is 18.1 Å². The van der Waals surface area contributed by atoms with E-state index >= 15 is 0 Å². The van der Waals surface area contributed by atoms with Gasteiger partial charge in [0, 0.05) is 11.9 Å². The summed E-state index contributed by atoms with van der Waals surface area (Å²) in [6.45, 7) is 6.45. The molecule has 114 valence electrons. The largest absolute Gasteiger partial charge is 0.461 e. The van der Waals surface area contributed by atoms with Gasteiger partial charge >= 0.3 is 6.01 Å². The maximum atomic E-state index is 5.51. The van der Waals surface area contributed by atoms with Crippen LogP contribution in [0.3, 0.4) is 0 Å². The van der Waals surface area contributed by atoms with Gasteiger partial charge in [-0.3, -0.25) is 5.43 Å². The predicted octanol–water partition coefficient (Wildman–Crippen LogP) is 1.35. The van der Waals surface area contributed by atoms with Crippen molar-refractivity contribution >= 4 is 23.2 Å². The molecule has 0 fully saturated rings. The molecule has 2 rings (SSSR count). The van der Waals surface area contributed by atoms with Crippen molar-refractivity contribution in [2.45, 2.75) is 33.4 Å². The molecule has 2 aromatic heterocycles. The molecule has 2 aromatic rings. The Labute approximate surface area is 127 Å². The van der Waals surface area contributed by atoms with Crippen LogP contribution in [0.4, 0.5) is 11.9 Å². The van der Waals surface area contributed by atoms with Crippen LogP contribution >= 0.6 is 11.3 Å². The maximum Gasteiger partial charge on any atom is 0.323 e. The Hall–Kier alpha value is -2.00. The Balaban J connectivity index is 2.22. The van der Waals surface area contributed by atoms with E-state index in [2.05, 4.69) is 25.4 Å². The summed E-state index contributed by atoms with van der Waals surface area (Å²) in [5, 5.41) is 0. The molecule has 0 aliphatic carbocycles. The molecule has 0 aromatic carbocycles. The van der Waals surface area contributed by atoms with Gasteiger partial charge in [0.15, 0.2) is 0 Å². The third-order valence-corrected chi connectivity index (χ3v) is 3.56. The molecule has 0 atom stereocenters. The number of ether oxygens (including phenoxy) is 1. The smallest absolute Gasteiger partial charge is 0.323 e. The van der Waals surface area contributed by atoms with Crippen LogP contribution in [0, 0.1) is 6.92 Å². The first-order valence-electron chi connectivity index (χ1n) is 6.49. The topological polar surface area (TPSA) is 102 Å². The lowest BCUT2D eigenvalue weighted by atomic mass is 10.4. The molecule has 21 heavy (non-hydrogen) atoms. The molecule has 8 nitrogen and oxygen atoms in total. The quantitative estimate of drug-likeness (QED) is 0.609. The lowest BCUT2D eigenvalue weighted by molar-refractivity contribution is 0.222. The van der Waals surface area contributed by atoms with Crippen molar-refractivity contribution in [2.75, 3.05) is 17.4 Å². The number of aryl methyl sites for hydroxylation is 1. The van der Waals surface area contributed by atoms with Crippen molar-refractivity contribution in [1.29, 1.82) is 0 Å². The molecule has 3 N–H and O–H groups in total. The lowest BCUT2D eigenvalue weighted by Gasteiger charge is -2.18. The fourth-order valence-electron chi connectivity index (χ4n) is 1.61. The van der Waals surface area contributed by atoms with Gasteiger partial charge in [-0.25, -0.2) is 10.8 Å². The standard InChI is InChI=1S/C12H19N7OS/c1-7(2)20-12-16-10(18-13)15-11(17-12)19(4)5-9-8(3)14-6-21-9/h6-7H,5,13H2,1-4H3,(H,15,16,17,18). The highest BCUT2D eigenvalue weighted by Gasteiger charge is 2.14. The van der Waals surface area contributed by atoms with E-state index < -0.39 is 0 Å². The Bertz CT molecular complexity index is 601. The number of nitrogen functional groups attached to an aromatic ring is 1. The molecule has 0 amide bonds. The molecule has 0 unspecified atom stereocenters. The van der Waals surface area contributed by atoms with Crippen LogP contribution in [-0.4, -0.2) is 33.1 Å². The summed E-state index contributed by atoms with van der Waals surface area (Å²) in [6.07, 6.45) is -0.0279. The van der Waals surface area contributed by atoms with E-state index in [9.17, 15) is 0 Å². The van der Waals surface area contributed by atoms with Crippen LogP contribution < -0.4 is 20.9 Å². The van der Waals surface area contributed by atoms with Crippen LogP contribution in [0.15, 0.2) is 5.51 Å². The summed E-state index contributed by atoms with van der Waals surface area (Å²) < 4.78 is 5.51. The van der Waals surface area contributed by atoms with Gasteiger partial charge in [0.1, 0.15) is 0 Å². The van der Waals surface area contributed by atoms with Crippen LogP contribution in [0.2, 0.25) is 0 Å². The van der Waals surface area contributed by atoms with Crippen molar-refractivity contribution in [1.82, 2.24) is 19.9 Å². The van der Waals surface area contributed by atoms with Crippen LogP contribution in [0.25, 0.3) is 0 Å². The monoisotopic (exact) mass is 309 g/mol. The third kappa shape index (κ3) is 3.99. The zero-order chi connectivity index (χ0) is 15.4. The van der Waals surface area contributed by atoms with E-state index in [1.165, 1.54) is 0 Å². The van der Waals surface area contributed by atoms with Crippen molar-refractivity contribution in [3.05, 3.63) is 16.1 Å². The van der Waals surface area contributed by atoms with Gasteiger partial charge in [0.2, 0.25) is 11.9 Å². The summed E-state index contributed by atoms with van der Waals surface area (Å²) in [5.74, 6) is 6.15. The summed E-state index contributed by atoms with van der Waals surface area (Å²) in [4.78, 5) is 19.9. The van der Waals surface area contributed by atoms with Gasteiger partial charge in [-0.2, -0.15) is 15.0 Å². The minimum Gasteiger partial charge on any atom is -0.461 e. The fraction of sp³-hybridized carbons (Fsp3) is 0.500. The van der Waals surface area contributed by atoms with Gasteiger partial charge in [-0.05, 0) is 20.8 Å².